The second kappa shape index (κ2) is 7.99. The van der Waals surface area contributed by atoms with Crippen molar-refractivity contribution in [3.8, 4) is 5.75 Å². The largest absolute Gasteiger partial charge is 0.491 e. The zero-order chi connectivity index (χ0) is 16.9. The summed E-state index contributed by atoms with van der Waals surface area (Å²) in [4.78, 5) is 16.5. The van der Waals surface area contributed by atoms with Crippen molar-refractivity contribution in [1.82, 2.24) is 9.80 Å². The molecular formula is C19H28N2O3. The fourth-order valence-electron chi connectivity index (χ4n) is 4.06. The van der Waals surface area contributed by atoms with Crippen molar-refractivity contribution in [2.24, 2.45) is 5.92 Å². The third-order valence-corrected chi connectivity index (χ3v) is 5.30. The van der Waals surface area contributed by atoms with Crippen LogP contribution in [-0.4, -0.2) is 60.2 Å². The number of hydrogen-bond acceptors (Lipinski definition) is 4. The number of aliphatic hydroxyl groups is 1. The summed E-state index contributed by atoms with van der Waals surface area (Å²) in [6, 6.07) is 8.53. The fourth-order valence-corrected chi connectivity index (χ4v) is 4.06. The van der Waals surface area contributed by atoms with Gasteiger partial charge in [0, 0.05) is 39.1 Å². The highest BCUT2D eigenvalue weighted by atomic mass is 16.5. The Kier molecular flexibility index (Phi) is 5.74. The number of ether oxygens (including phenoxy) is 1. The molecule has 2 aliphatic heterocycles. The minimum atomic E-state index is 0.0334. The first-order valence-corrected chi connectivity index (χ1v) is 8.98. The van der Waals surface area contributed by atoms with Crippen molar-refractivity contribution in [3.05, 3.63) is 29.8 Å². The van der Waals surface area contributed by atoms with Crippen molar-refractivity contribution in [2.45, 2.75) is 38.3 Å². The molecule has 1 aromatic carbocycles. The number of carbonyl (C=O) groups excluding carboxylic acids is 1. The molecule has 1 aromatic rings. The van der Waals surface area contributed by atoms with E-state index in [1.807, 2.05) is 24.1 Å². The van der Waals surface area contributed by atoms with Gasteiger partial charge in [0.15, 0.2) is 0 Å². The van der Waals surface area contributed by atoms with Gasteiger partial charge in [-0.2, -0.15) is 0 Å². The zero-order valence-electron chi connectivity index (χ0n) is 14.5. The van der Waals surface area contributed by atoms with E-state index >= 15 is 0 Å². The Morgan fingerprint density at radius 1 is 1.33 bits per heavy atom. The minimum Gasteiger partial charge on any atom is -0.491 e. The number of fused-ring (bicyclic) bond motifs is 1. The van der Waals surface area contributed by atoms with Crippen molar-refractivity contribution in [1.29, 1.82) is 0 Å². The summed E-state index contributed by atoms with van der Waals surface area (Å²) in [5, 5.41) is 8.87. The zero-order valence-corrected chi connectivity index (χ0v) is 14.5. The van der Waals surface area contributed by atoms with E-state index in [1.54, 1.807) is 0 Å². The Bertz CT molecular complexity index is 563. The molecule has 2 aliphatic rings. The summed E-state index contributed by atoms with van der Waals surface area (Å²) in [6.07, 6.45) is 3.93. The summed E-state index contributed by atoms with van der Waals surface area (Å²) in [5.41, 5.74) is 1.24. The van der Waals surface area contributed by atoms with Crippen LogP contribution in [-0.2, 0) is 11.3 Å². The molecule has 1 N–H and O–H groups in total. The highest BCUT2D eigenvalue weighted by Crippen LogP contribution is 2.30. The number of nitrogens with zero attached hydrogens (tertiary/aromatic N) is 2. The monoisotopic (exact) mass is 332 g/mol. The highest BCUT2D eigenvalue weighted by Gasteiger charge is 2.35. The number of piperidine rings is 1. The topological polar surface area (TPSA) is 53.0 Å². The van der Waals surface area contributed by atoms with Gasteiger partial charge in [0.1, 0.15) is 12.4 Å². The smallest absolute Gasteiger partial charge is 0.222 e. The molecule has 0 radical (unpaired) electrons. The van der Waals surface area contributed by atoms with Gasteiger partial charge in [-0.05, 0) is 42.9 Å². The number of benzene rings is 1. The van der Waals surface area contributed by atoms with Crippen molar-refractivity contribution in [2.75, 3.05) is 33.4 Å². The predicted molar refractivity (Wildman–Crippen MR) is 92.8 cm³/mol. The third-order valence-electron chi connectivity index (χ3n) is 5.30. The second-order valence-electron chi connectivity index (χ2n) is 6.97. The molecule has 0 aliphatic carbocycles. The first-order valence-electron chi connectivity index (χ1n) is 8.98. The van der Waals surface area contributed by atoms with Gasteiger partial charge in [0.05, 0.1) is 6.61 Å². The Hall–Kier alpha value is -1.59. The molecule has 3 rings (SSSR count). The molecule has 132 valence electrons. The van der Waals surface area contributed by atoms with Crippen LogP contribution in [0.3, 0.4) is 0 Å². The van der Waals surface area contributed by atoms with Gasteiger partial charge in [0.25, 0.3) is 0 Å². The summed E-state index contributed by atoms with van der Waals surface area (Å²) >= 11 is 0. The van der Waals surface area contributed by atoms with Crippen LogP contribution in [0.1, 0.15) is 31.2 Å². The number of amides is 1. The second-order valence-corrected chi connectivity index (χ2v) is 6.97. The van der Waals surface area contributed by atoms with Crippen molar-refractivity contribution in [3.63, 3.8) is 0 Å². The van der Waals surface area contributed by atoms with Crippen LogP contribution in [0, 0.1) is 5.92 Å². The van der Waals surface area contributed by atoms with Gasteiger partial charge in [-0.15, -0.1) is 0 Å². The van der Waals surface area contributed by atoms with Crippen LogP contribution in [0.2, 0.25) is 0 Å². The Morgan fingerprint density at radius 3 is 3.04 bits per heavy atom. The number of carbonyl (C=O) groups is 1. The Morgan fingerprint density at radius 2 is 2.21 bits per heavy atom. The van der Waals surface area contributed by atoms with Gasteiger partial charge in [-0.1, -0.05) is 12.1 Å². The van der Waals surface area contributed by atoms with Gasteiger partial charge >= 0.3 is 0 Å². The van der Waals surface area contributed by atoms with Gasteiger partial charge in [-0.25, -0.2) is 0 Å². The van der Waals surface area contributed by atoms with E-state index < -0.39 is 0 Å². The molecule has 2 fully saturated rings. The van der Waals surface area contributed by atoms with E-state index in [4.69, 9.17) is 9.84 Å². The SMILES string of the molecule is CN1C(=O)CCC[C@H]2CN(Cc3cccc(OCCO)c3)CC[C@H]21. The van der Waals surface area contributed by atoms with Crippen LogP contribution in [0.4, 0.5) is 0 Å². The Balaban J connectivity index is 1.60. The number of hydrogen-bond donors (Lipinski definition) is 1. The maximum atomic E-state index is 12.0. The van der Waals surface area contributed by atoms with E-state index in [-0.39, 0.29) is 6.61 Å². The van der Waals surface area contributed by atoms with Crippen molar-refractivity contribution >= 4 is 5.91 Å². The van der Waals surface area contributed by atoms with Crippen LogP contribution in [0.25, 0.3) is 0 Å². The van der Waals surface area contributed by atoms with Crippen LogP contribution in [0.15, 0.2) is 24.3 Å². The quantitative estimate of drug-likeness (QED) is 0.895. The Labute approximate surface area is 144 Å². The van der Waals surface area contributed by atoms with E-state index in [0.29, 0.717) is 30.9 Å². The van der Waals surface area contributed by atoms with E-state index in [0.717, 1.165) is 44.6 Å². The number of aliphatic hydroxyl groups excluding tert-OH is 1. The summed E-state index contributed by atoms with van der Waals surface area (Å²) in [5.74, 6) is 1.71. The lowest BCUT2D eigenvalue weighted by Gasteiger charge is -2.41. The molecule has 5 heteroatoms. The maximum absolute atomic E-state index is 12.0. The fraction of sp³-hybridized carbons (Fsp3) is 0.632. The maximum Gasteiger partial charge on any atom is 0.222 e. The molecule has 2 saturated heterocycles. The third kappa shape index (κ3) is 4.08. The molecule has 0 bridgehead atoms. The van der Waals surface area contributed by atoms with E-state index in [9.17, 15) is 4.79 Å². The normalized spacial score (nSPS) is 25.2. The highest BCUT2D eigenvalue weighted by molar-refractivity contribution is 5.76. The molecule has 0 aromatic heterocycles. The van der Waals surface area contributed by atoms with Crippen LogP contribution >= 0.6 is 0 Å². The summed E-state index contributed by atoms with van der Waals surface area (Å²) < 4.78 is 5.50. The van der Waals surface area contributed by atoms with Crippen molar-refractivity contribution < 1.29 is 14.6 Å². The molecule has 0 spiro atoms. The summed E-state index contributed by atoms with van der Waals surface area (Å²) in [7, 11) is 1.98. The predicted octanol–water partition coefficient (Wildman–Crippen LogP) is 1.89. The molecule has 24 heavy (non-hydrogen) atoms. The van der Waals surface area contributed by atoms with Crippen LogP contribution < -0.4 is 4.74 Å². The molecule has 0 unspecified atom stereocenters. The van der Waals surface area contributed by atoms with Gasteiger partial charge in [-0.3, -0.25) is 9.69 Å². The standard InChI is InChI=1S/C19H28N2O3/c1-20-18-8-9-21(14-16(18)5-3-7-19(20)23)13-15-4-2-6-17(12-15)24-11-10-22/h2,4,6,12,16,18,22H,3,5,7-11,13-14H2,1H3/t16-,18+/m0/s1. The lowest BCUT2D eigenvalue weighted by molar-refractivity contribution is -0.132. The molecule has 1 amide bonds. The molecular weight excluding hydrogens is 304 g/mol. The van der Waals surface area contributed by atoms with Crippen LogP contribution in [0.5, 0.6) is 5.75 Å². The molecule has 2 atom stereocenters. The van der Waals surface area contributed by atoms with Gasteiger partial charge < -0.3 is 14.7 Å². The van der Waals surface area contributed by atoms with E-state index in [1.165, 1.54) is 5.56 Å². The first kappa shape index (κ1) is 17.2. The van der Waals surface area contributed by atoms with Gasteiger partial charge in [0.2, 0.25) is 5.91 Å². The molecule has 0 saturated carbocycles. The molecule has 5 nitrogen and oxygen atoms in total. The number of likely N-dealkylation sites (tertiary alicyclic amines) is 2. The van der Waals surface area contributed by atoms with E-state index in [2.05, 4.69) is 17.0 Å². The average molecular weight is 332 g/mol. The average Bonchev–Trinajstić information content (AvgIpc) is 2.72. The summed E-state index contributed by atoms with van der Waals surface area (Å²) in [6.45, 7) is 3.37. The number of rotatable bonds is 5. The molecule has 2 heterocycles. The minimum absolute atomic E-state index is 0.0334. The lowest BCUT2D eigenvalue weighted by atomic mass is 9.88. The lowest BCUT2D eigenvalue weighted by Crippen LogP contribution is -2.50. The first-order chi connectivity index (χ1) is 11.7.